The minimum atomic E-state index is -0.288. The fourth-order valence-electron chi connectivity index (χ4n) is 5.87. The first-order valence-electron chi connectivity index (χ1n) is 12.0. The van der Waals surface area contributed by atoms with Gasteiger partial charge >= 0.3 is 0 Å². The molecule has 2 fully saturated rings. The van der Waals surface area contributed by atoms with Crippen molar-refractivity contribution in [1.82, 2.24) is 9.88 Å². The second-order valence-electron chi connectivity index (χ2n) is 10.3. The number of nitrogens with zero attached hydrogens (tertiary/aromatic N) is 2. The van der Waals surface area contributed by atoms with E-state index in [1.807, 2.05) is 18.2 Å². The topological polar surface area (TPSA) is 65.4 Å². The standard InChI is InChI=1S/C27H32N4O/c1-4-16-13-20-21(15-23(16)31-11-9-30(10-12-31)18-6-7-18)27(2,3)26-24(25(20)32)19-8-5-17(28)14-22(19)29-26/h5,8,13-15,18,29H,4,6-7,9-12,28H2,1-3H3. The molecule has 2 heterocycles. The Morgan fingerprint density at radius 3 is 2.53 bits per heavy atom. The normalized spacial score (nSPS) is 20.5. The molecule has 0 bridgehead atoms. The summed E-state index contributed by atoms with van der Waals surface area (Å²) in [6.07, 6.45) is 3.66. The van der Waals surface area contributed by atoms with Crippen molar-refractivity contribution in [1.29, 1.82) is 0 Å². The van der Waals surface area contributed by atoms with Crippen molar-refractivity contribution in [2.75, 3.05) is 36.8 Å². The molecule has 0 spiro atoms. The summed E-state index contributed by atoms with van der Waals surface area (Å²) >= 11 is 0. The number of nitrogens with one attached hydrogen (secondary N) is 1. The van der Waals surface area contributed by atoms with E-state index in [2.05, 4.69) is 47.7 Å². The maximum atomic E-state index is 13.8. The molecule has 0 radical (unpaired) electrons. The highest BCUT2D eigenvalue weighted by Crippen LogP contribution is 2.46. The van der Waals surface area contributed by atoms with Gasteiger partial charge in [0.05, 0.1) is 5.56 Å². The smallest absolute Gasteiger partial charge is 0.195 e. The monoisotopic (exact) mass is 428 g/mol. The maximum absolute atomic E-state index is 13.8. The number of nitrogens with two attached hydrogens (primary N) is 1. The zero-order chi connectivity index (χ0) is 22.2. The van der Waals surface area contributed by atoms with Crippen LogP contribution in [0.5, 0.6) is 0 Å². The Morgan fingerprint density at radius 1 is 1.09 bits per heavy atom. The molecular weight excluding hydrogens is 396 g/mol. The summed E-state index contributed by atoms with van der Waals surface area (Å²) in [4.78, 5) is 22.5. The highest BCUT2D eigenvalue weighted by atomic mass is 16.1. The van der Waals surface area contributed by atoms with Gasteiger partial charge in [-0.3, -0.25) is 9.69 Å². The first kappa shape index (κ1) is 19.9. The fourth-order valence-corrected chi connectivity index (χ4v) is 5.87. The molecule has 166 valence electrons. The fraction of sp³-hybridized carbons (Fsp3) is 0.444. The average molecular weight is 429 g/mol. The predicted octanol–water partition coefficient (Wildman–Crippen LogP) is 4.47. The van der Waals surface area contributed by atoms with E-state index in [1.54, 1.807) is 0 Å². The molecule has 1 aliphatic heterocycles. The number of carbonyl (C=O) groups is 1. The predicted molar refractivity (Wildman–Crippen MR) is 131 cm³/mol. The number of nitrogen functional groups attached to an aromatic ring is 1. The van der Waals surface area contributed by atoms with Crippen LogP contribution in [0.25, 0.3) is 10.9 Å². The van der Waals surface area contributed by atoms with Crippen LogP contribution in [0, 0.1) is 0 Å². The van der Waals surface area contributed by atoms with Crippen molar-refractivity contribution in [2.24, 2.45) is 0 Å². The Kier molecular flexibility index (Phi) is 4.25. The largest absolute Gasteiger partial charge is 0.399 e. The van der Waals surface area contributed by atoms with E-state index >= 15 is 0 Å². The van der Waals surface area contributed by atoms with Crippen LogP contribution >= 0.6 is 0 Å². The number of aromatic nitrogens is 1. The third-order valence-corrected chi connectivity index (χ3v) is 7.91. The van der Waals surface area contributed by atoms with Crippen LogP contribution in [0.15, 0.2) is 30.3 Å². The second kappa shape index (κ2) is 6.85. The molecule has 3 aromatic rings. The summed E-state index contributed by atoms with van der Waals surface area (Å²) in [6, 6.07) is 11.1. The molecule has 3 aliphatic rings. The molecule has 5 nitrogen and oxygen atoms in total. The number of ketones is 1. The van der Waals surface area contributed by atoms with Crippen LogP contribution in [0.4, 0.5) is 11.4 Å². The molecule has 3 N–H and O–H groups in total. The van der Waals surface area contributed by atoms with E-state index in [0.717, 1.165) is 71.9 Å². The van der Waals surface area contributed by atoms with Crippen LogP contribution < -0.4 is 10.6 Å². The lowest BCUT2D eigenvalue weighted by Gasteiger charge is -2.39. The quantitative estimate of drug-likeness (QED) is 0.604. The molecule has 1 saturated heterocycles. The van der Waals surface area contributed by atoms with E-state index in [0.29, 0.717) is 5.69 Å². The lowest BCUT2D eigenvalue weighted by molar-refractivity contribution is 0.103. The van der Waals surface area contributed by atoms with Gasteiger partial charge in [0.15, 0.2) is 5.78 Å². The molecule has 32 heavy (non-hydrogen) atoms. The number of hydrogen-bond acceptors (Lipinski definition) is 4. The van der Waals surface area contributed by atoms with Crippen LogP contribution in [0.2, 0.25) is 0 Å². The molecule has 0 atom stereocenters. The Balaban J connectivity index is 1.46. The van der Waals surface area contributed by atoms with E-state index < -0.39 is 0 Å². The van der Waals surface area contributed by atoms with Crippen LogP contribution in [0.3, 0.4) is 0 Å². The van der Waals surface area contributed by atoms with Gasteiger partial charge in [-0.05, 0) is 54.7 Å². The van der Waals surface area contributed by atoms with Crippen molar-refractivity contribution >= 4 is 28.1 Å². The van der Waals surface area contributed by atoms with Gasteiger partial charge in [-0.15, -0.1) is 0 Å². The van der Waals surface area contributed by atoms with Crippen molar-refractivity contribution in [2.45, 2.75) is 51.5 Å². The summed E-state index contributed by atoms with van der Waals surface area (Å²) in [5.74, 6) is 0.130. The number of anilines is 2. The number of aryl methyl sites for hydroxylation is 1. The van der Waals surface area contributed by atoms with E-state index in [9.17, 15) is 4.79 Å². The number of rotatable bonds is 3. The Hall–Kier alpha value is -2.79. The number of aromatic amines is 1. The Bertz CT molecular complexity index is 1240. The SMILES string of the molecule is CCc1cc2c(cc1N1CCN(C3CC3)CC1)C(C)(C)c1[nH]c3cc(N)ccc3c1C2=O. The van der Waals surface area contributed by atoms with Crippen LogP contribution in [0.1, 0.15) is 66.4 Å². The molecule has 5 heteroatoms. The van der Waals surface area contributed by atoms with Crippen LogP contribution in [-0.4, -0.2) is 47.9 Å². The number of fused-ring (bicyclic) bond motifs is 4. The number of carbonyl (C=O) groups excluding carboxylic acids is 1. The number of hydrogen-bond donors (Lipinski definition) is 2. The Labute approximate surface area is 189 Å². The van der Waals surface area contributed by atoms with Gasteiger partial charge in [-0.25, -0.2) is 0 Å². The van der Waals surface area contributed by atoms with Crippen molar-refractivity contribution in [3.8, 4) is 0 Å². The van der Waals surface area contributed by atoms with Gasteiger partial charge in [0, 0.05) is 71.2 Å². The molecule has 2 aliphatic carbocycles. The lowest BCUT2D eigenvalue weighted by atomic mass is 9.70. The molecule has 2 aromatic carbocycles. The number of benzene rings is 2. The minimum Gasteiger partial charge on any atom is -0.399 e. The van der Waals surface area contributed by atoms with Gasteiger partial charge in [0.2, 0.25) is 0 Å². The zero-order valence-corrected chi connectivity index (χ0v) is 19.3. The number of H-pyrrole nitrogens is 1. The van der Waals surface area contributed by atoms with Crippen molar-refractivity contribution < 1.29 is 4.79 Å². The van der Waals surface area contributed by atoms with Gasteiger partial charge in [-0.1, -0.05) is 26.8 Å². The average Bonchev–Trinajstić information content (AvgIpc) is 3.57. The van der Waals surface area contributed by atoms with Gasteiger partial charge in [0.25, 0.3) is 0 Å². The first-order valence-corrected chi connectivity index (χ1v) is 12.0. The molecule has 6 rings (SSSR count). The summed E-state index contributed by atoms with van der Waals surface area (Å²) in [7, 11) is 0. The molecule has 0 unspecified atom stereocenters. The maximum Gasteiger partial charge on any atom is 0.195 e. The third-order valence-electron chi connectivity index (χ3n) is 7.91. The lowest BCUT2D eigenvalue weighted by Crippen LogP contribution is -2.47. The van der Waals surface area contributed by atoms with E-state index in [1.165, 1.54) is 24.1 Å². The summed E-state index contributed by atoms with van der Waals surface area (Å²) in [5, 5.41) is 0.969. The van der Waals surface area contributed by atoms with Crippen molar-refractivity contribution in [3.05, 3.63) is 58.3 Å². The number of piperazine rings is 1. The van der Waals surface area contributed by atoms with Gasteiger partial charge in [0.1, 0.15) is 0 Å². The van der Waals surface area contributed by atoms with Crippen LogP contribution in [-0.2, 0) is 11.8 Å². The first-order chi connectivity index (χ1) is 15.4. The van der Waals surface area contributed by atoms with Crippen molar-refractivity contribution in [3.63, 3.8) is 0 Å². The summed E-state index contributed by atoms with van der Waals surface area (Å²) < 4.78 is 0. The van der Waals surface area contributed by atoms with E-state index in [-0.39, 0.29) is 11.2 Å². The molecule has 0 amide bonds. The van der Waals surface area contributed by atoms with E-state index in [4.69, 9.17) is 5.73 Å². The summed E-state index contributed by atoms with van der Waals surface area (Å²) in [6.45, 7) is 11.1. The highest BCUT2D eigenvalue weighted by molar-refractivity contribution is 6.20. The Morgan fingerprint density at radius 2 is 1.84 bits per heavy atom. The molecule has 1 saturated carbocycles. The van der Waals surface area contributed by atoms with Gasteiger partial charge in [-0.2, -0.15) is 0 Å². The third kappa shape index (κ3) is 2.83. The highest BCUT2D eigenvalue weighted by Gasteiger charge is 2.41. The zero-order valence-electron chi connectivity index (χ0n) is 19.3. The molecule has 1 aromatic heterocycles. The van der Waals surface area contributed by atoms with Gasteiger partial charge < -0.3 is 15.6 Å². The second-order valence-corrected chi connectivity index (χ2v) is 10.3. The minimum absolute atomic E-state index is 0.130. The summed E-state index contributed by atoms with van der Waals surface area (Å²) in [5.41, 5.74) is 13.8. The molecular formula is C27H32N4O.